The molecule has 2 N–H and O–H groups in total. The Morgan fingerprint density at radius 3 is 2.29 bits per heavy atom. The number of rotatable bonds is 10. The lowest BCUT2D eigenvalue weighted by atomic mass is 9.77. The molecule has 0 aliphatic rings. The number of carboxylic acid groups (broad SMARTS) is 1. The van der Waals surface area contributed by atoms with E-state index in [1.54, 1.807) is 0 Å². The van der Waals surface area contributed by atoms with Crippen LogP contribution in [-0.2, 0) is 9.53 Å². The maximum Gasteiger partial charge on any atom is 0.309 e. The first-order valence-corrected chi connectivity index (χ1v) is 6.51. The van der Waals surface area contributed by atoms with E-state index in [0.29, 0.717) is 19.4 Å². The average molecular weight is 246 g/mol. The fraction of sp³-hybridized carbons (Fsp3) is 0.923. The third-order valence-corrected chi connectivity index (χ3v) is 3.39. The van der Waals surface area contributed by atoms with E-state index in [9.17, 15) is 15.0 Å². The minimum absolute atomic E-state index is 0.231. The summed E-state index contributed by atoms with van der Waals surface area (Å²) in [5, 5.41) is 19.0. The highest BCUT2D eigenvalue weighted by Crippen LogP contribution is 2.32. The summed E-state index contributed by atoms with van der Waals surface area (Å²) in [7, 11) is 0. The number of carboxylic acids is 1. The molecule has 1 unspecified atom stereocenters. The number of ether oxygens (including phenoxy) is 1. The summed E-state index contributed by atoms with van der Waals surface area (Å²) in [6, 6.07) is 0. The van der Waals surface area contributed by atoms with Crippen molar-refractivity contribution in [1.82, 2.24) is 0 Å². The molecule has 0 radical (unpaired) electrons. The van der Waals surface area contributed by atoms with Gasteiger partial charge in [-0.3, -0.25) is 4.79 Å². The summed E-state index contributed by atoms with van der Waals surface area (Å²) in [6.45, 7) is 6.63. The summed E-state index contributed by atoms with van der Waals surface area (Å²) in [4.78, 5) is 11.2. The van der Waals surface area contributed by atoms with Crippen LogP contribution in [-0.4, -0.2) is 35.5 Å². The van der Waals surface area contributed by atoms with Crippen molar-refractivity contribution < 1.29 is 19.7 Å². The Hall–Kier alpha value is -0.610. The molecule has 0 aromatic carbocycles. The summed E-state index contributed by atoms with van der Waals surface area (Å²) >= 11 is 0. The van der Waals surface area contributed by atoms with Gasteiger partial charge in [0.25, 0.3) is 0 Å². The van der Waals surface area contributed by atoms with Gasteiger partial charge in [0.2, 0.25) is 0 Å². The maximum atomic E-state index is 11.2. The molecular formula is C13H26O4. The molecule has 0 bridgehead atoms. The van der Waals surface area contributed by atoms with E-state index < -0.39 is 17.5 Å². The molecular weight excluding hydrogens is 220 g/mol. The zero-order valence-electron chi connectivity index (χ0n) is 11.2. The number of carbonyl (C=O) groups is 1. The lowest BCUT2D eigenvalue weighted by Crippen LogP contribution is -2.35. The van der Waals surface area contributed by atoms with E-state index in [0.717, 1.165) is 12.8 Å². The molecule has 0 spiro atoms. The normalized spacial score (nSPS) is 13.6. The average Bonchev–Trinajstić information content (AvgIpc) is 2.31. The van der Waals surface area contributed by atoms with Crippen molar-refractivity contribution in [2.24, 2.45) is 5.41 Å². The van der Waals surface area contributed by atoms with Gasteiger partial charge in [-0.05, 0) is 25.7 Å². The molecule has 4 nitrogen and oxygen atoms in total. The van der Waals surface area contributed by atoms with Gasteiger partial charge in [0.1, 0.15) is 0 Å². The molecule has 0 amide bonds. The molecule has 0 saturated heterocycles. The molecule has 0 fully saturated rings. The van der Waals surface area contributed by atoms with Crippen LogP contribution in [0.2, 0.25) is 0 Å². The van der Waals surface area contributed by atoms with E-state index in [2.05, 4.69) is 6.92 Å². The lowest BCUT2D eigenvalue weighted by Gasteiger charge is -2.29. The topological polar surface area (TPSA) is 66.8 Å². The largest absolute Gasteiger partial charge is 0.481 e. The summed E-state index contributed by atoms with van der Waals surface area (Å²) in [5.41, 5.74) is -0.812. The van der Waals surface area contributed by atoms with E-state index in [1.165, 1.54) is 0 Å². The third kappa shape index (κ3) is 5.50. The molecule has 0 aliphatic heterocycles. The highest BCUT2D eigenvalue weighted by molar-refractivity contribution is 5.74. The van der Waals surface area contributed by atoms with Gasteiger partial charge < -0.3 is 14.9 Å². The Bertz CT molecular complexity index is 211. The Morgan fingerprint density at radius 2 is 1.88 bits per heavy atom. The number of aliphatic carboxylic acids is 1. The molecule has 0 saturated carbocycles. The van der Waals surface area contributed by atoms with Crippen LogP contribution in [0.5, 0.6) is 0 Å². The Morgan fingerprint density at radius 1 is 1.29 bits per heavy atom. The Kier molecular flexibility index (Phi) is 8.17. The lowest BCUT2D eigenvalue weighted by molar-refractivity contribution is -0.152. The molecule has 17 heavy (non-hydrogen) atoms. The van der Waals surface area contributed by atoms with Crippen molar-refractivity contribution in [3.63, 3.8) is 0 Å². The van der Waals surface area contributed by atoms with E-state index in [4.69, 9.17) is 4.74 Å². The molecule has 0 rings (SSSR count). The molecule has 0 aromatic rings. The predicted octanol–water partition coefficient (Wildman–Crippen LogP) is 2.45. The van der Waals surface area contributed by atoms with Gasteiger partial charge in [0.15, 0.2) is 0 Å². The first-order chi connectivity index (χ1) is 8.02. The minimum atomic E-state index is -0.824. The Balaban J connectivity index is 4.13. The van der Waals surface area contributed by atoms with Crippen molar-refractivity contribution in [1.29, 1.82) is 0 Å². The van der Waals surface area contributed by atoms with Crippen molar-refractivity contribution in [2.45, 2.75) is 59.0 Å². The van der Waals surface area contributed by atoms with Gasteiger partial charge in [-0.1, -0.05) is 27.2 Å². The second-order valence-corrected chi connectivity index (χ2v) is 4.58. The van der Waals surface area contributed by atoms with Gasteiger partial charge in [0, 0.05) is 6.61 Å². The molecule has 0 aliphatic carbocycles. The number of hydrogen-bond donors (Lipinski definition) is 2. The zero-order chi connectivity index (χ0) is 13.3. The SMILES string of the molecule is CCCCOCC(O)CC(CC)(CC)C(=O)O. The van der Waals surface area contributed by atoms with Gasteiger partial charge in [-0.15, -0.1) is 0 Å². The van der Waals surface area contributed by atoms with Gasteiger partial charge >= 0.3 is 5.97 Å². The van der Waals surface area contributed by atoms with Crippen LogP contribution >= 0.6 is 0 Å². The molecule has 0 aromatic heterocycles. The monoisotopic (exact) mass is 246 g/mol. The van der Waals surface area contributed by atoms with Crippen molar-refractivity contribution >= 4 is 5.97 Å². The van der Waals surface area contributed by atoms with Crippen LogP contribution in [0.15, 0.2) is 0 Å². The molecule has 0 heterocycles. The summed E-state index contributed by atoms with van der Waals surface area (Å²) in [5.74, 6) is -0.824. The zero-order valence-corrected chi connectivity index (χ0v) is 11.2. The number of aliphatic hydroxyl groups is 1. The quantitative estimate of drug-likeness (QED) is 0.581. The fourth-order valence-corrected chi connectivity index (χ4v) is 1.90. The summed E-state index contributed by atoms with van der Waals surface area (Å²) < 4.78 is 5.31. The van der Waals surface area contributed by atoms with Gasteiger partial charge in [-0.25, -0.2) is 0 Å². The van der Waals surface area contributed by atoms with Crippen molar-refractivity contribution in [3.05, 3.63) is 0 Å². The maximum absolute atomic E-state index is 11.2. The highest BCUT2D eigenvalue weighted by Gasteiger charge is 2.36. The molecule has 1 atom stereocenters. The number of hydrogen-bond acceptors (Lipinski definition) is 3. The van der Waals surface area contributed by atoms with Crippen LogP contribution in [0.1, 0.15) is 52.9 Å². The Labute approximate surface area is 104 Å². The van der Waals surface area contributed by atoms with Crippen LogP contribution in [0.3, 0.4) is 0 Å². The highest BCUT2D eigenvalue weighted by atomic mass is 16.5. The predicted molar refractivity (Wildman–Crippen MR) is 67.0 cm³/mol. The third-order valence-electron chi connectivity index (χ3n) is 3.39. The van der Waals surface area contributed by atoms with Gasteiger partial charge in [0.05, 0.1) is 18.1 Å². The number of aliphatic hydroxyl groups excluding tert-OH is 1. The minimum Gasteiger partial charge on any atom is -0.481 e. The first kappa shape index (κ1) is 16.4. The second-order valence-electron chi connectivity index (χ2n) is 4.58. The van der Waals surface area contributed by atoms with Gasteiger partial charge in [-0.2, -0.15) is 0 Å². The first-order valence-electron chi connectivity index (χ1n) is 6.51. The number of unbranched alkanes of at least 4 members (excludes halogenated alkanes) is 1. The summed E-state index contributed by atoms with van der Waals surface area (Å²) in [6.07, 6.45) is 2.66. The standard InChI is InChI=1S/C13H26O4/c1-4-7-8-17-10-11(14)9-13(5-2,6-3)12(15)16/h11,14H,4-10H2,1-3H3,(H,15,16). The second kappa shape index (κ2) is 8.48. The molecule has 4 heteroatoms. The van der Waals surface area contributed by atoms with Crippen LogP contribution in [0.4, 0.5) is 0 Å². The molecule has 102 valence electrons. The van der Waals surface area contributed by atoms with E-state index in [1.807, 2.05) is 13.8 Å². The van der Waals surface area contributed by atoms with Crippen molar-refractivity contribution in [2.75, 3.05) is 13.2 Å². The smallest absolute Gasteiger partial charge is 0.309 e. The van der Waals surface area contributed by atoms with Crippen LogP contribution in [0, 0.1) is 5.41 Å². The van der Waals surface area contributed by atoms with E-state index in [-0.39, 0.29) is 13.0 Å². The van der Waals surface area contributed by atoms with Crippen LogP contribution in [0.25, 0.3) is 0 Å². The van der Waals surface area contributed by atoms with Crippen LogP contribution < -0.4 is 0 Å². The van der Waals surface area contributed by atoms with Crippen molar-refractivity contribution in [3.8, 4) is 0 Å². The fourth-order valence-electron chi connectivity index (χ4n) is 1.90. The van der Waals surface area contributed by atoms with E-state index >= 15 is 0 Å².